The summed E-state index contributed by atoms with van der Waals surface area (Å²) in [6, 6.07) is 9.14. The third kappa shape index (κ3) is 5.14. The molecule has 0 spiro atoms. The number of methoxy groups -OCH3 is 1. The van der Waals surface area contributed by atoms with E-state index in [0.717, 1.165) is 29.8 Å². The average Bonchev–Trinajstić information content (AvgIpc) is 2.81. The van der Waals surface area contributed by atoms with Gasteiger partial charge in [-0.15, -0.1) is 0 Å². The summed E-state index contributed by atoms with van der Waals surface area (Å²) >= 11 is 0. The van der Waals surface area contributed by atoms with Crippen molar-refractivity contribution in [1.82, 2.24) is 9.80 Å². The Labute approximate surface area is 201 Å². The number of ether oxygens (including phenoxy) is 3. The number of primary amides is 1. The van der Waals surface area contributed by atoms with Crippen LogP contribution in [0.25, 0.3) is 0 Å². The number of nitrogens with zero attached hydrogens (tertiary/aromatic N) is 2. The van der Waals surface area contributed by atoms with Crippen LogP contribution in [0.4, 0.5) is 0 Å². The number of fused-ring (bicyclic) bond motifs is 1. The first kappa shape index (κ1) is 24.3. The number of amides is 1. The molecular formula is C26H35N3O5. The molecule has 4 rings (SSSR count). The number of rotatable bonds is 7. The van der Waals surface area contributed by atoms with E-state index >= 15 is 0 Å². The highest BCUT2D eigenvalue weighted by Crippen LogP contribution is 2.35. The Morgan fingerprint density at radius 3 is 2.41 bits per heavy atom. The number of piperazine rings is 1. The molecule has 0 saturated carbocycles. The molecule has 2 aliphatic heterocycles. The van der Waals surface area contributed by atoms with Gasteiger partial charge in [0.25, 0.3) is 0 Å². The quantitative estimate of drug-likeness (QED) is 0.640. The molecule has 0 aromatic heterocycles. The summed E-state index contributed by atoms with van der Waals surface area (Å²) in [4.78, 5) is 16.8. The number of β-amino-alcohol motifs (C(OH)–C–C–N with tert-alkyl or cyclic N) is 1. The highest BCUT2D eigenvalue weighted by Gasteiger charge is 2.34. The van der Waals surface area contributed by atoms with Gasteiger partial charge in [0.15, 0.2) is 17.6 Å². The average molecular weight is 470 g/mol. The van der Waals surface area contributed by atoms with E-state index in [-0.39, 0.29) is 12.5 Å². The van der Waals surface area contributed by atoms with Gasteiger partial charge in [-0.1, -0.05) is 17.7 Å². The van der Waals surface area contributed by atoms with Crippen molar-refractivity contribution in [3.05, 3.63) is 52.6 Å². The second-order valence-corrected chi connectivity index (χ2v) is 9.30. The Morgan fingerprint density at radius 2 is 1.79 bits per heavy atom. The van der Waals surface area contributed by atoms with Crippen LogP contribution >= 0.6 is 0 Å². The first-order chi connectivity index (χ1) is 16.3. The SMILES string of the molecule is COc1ccc2c(c1)OCC(C(O)CN1CCN(C(C(N)=O)c3c(C)cc(C)cc3C)CC1)O2. The summed E-state index contributed by atoms with van der Waals surface area (Å²) in [5, 5.41) is 10.8. The van der Waals surface area contributed by atoms with Crippen molar-refractivity contribution in [3.8, 4) is 17.2 Å². The number of benzene rings is 2. The first-order valence-corrected chi connectivity index (χ1v) is 11.8. The Kier molecular flexibility index (Phi) is 7.30. The van der Waals surface area contributed by atoms with E-state index in [1.807, 2.05) is 19.9 Å². The van der Waals surface area contributed by atoms with Gasteiger partial charge in [0, 0.05) is 38.8 Å². The van der Waals surface area contributed by atoms with E-state index < -0.39 is 18.2 Å². The number of aliphatic hydroxyl groups is 1. The van der Waals surface area contributed by atoms with Gasteiger partial charge in [0.05, 0.1) is 7.11 Å². The molecule has 3 atom stereocenters. The van der Waals surface area contributed by atoms with Gasteiger partial charge in [-0.25, -0.2) is 0 Å². The van der Waals surface area contributed by atoms with Gasteiger partial charge in [0.2, 0.25) is 5.91 Å². The van der Waals surface area contributed by atoms with Gasteiger partial charge in [-0.05, 0) is 49.6 Å². The van der Waals surface area contributed by atoms with Crippen molar-refractivity contribution in [1.29, 1.82) is 0 Å². The van der Waals surface area contributed by atoms with Crippen molar-refractivity contribution in [2.45, 2.75) is 39.0 Å². The van der Waals surface area contributed by atoms with Crippen molar-refractivity contribution in [3.63, 3.8) is 0 Å². The van der Waals surface area contributed by atoms with Gasteiger partial charge >= 0.3 is 0 Å². The summed E-state index contributed by atoms with van der Waals surface area (Å²) in [7, 11) is 1.60. The molecule has 2 aliphatic rings. The van der Waals surface area contributed by atoms with E-state index in [1.54, 1.807) is 19.2 Å². The standard InChI is InChI=1S/C26H35N3O5/c1-16-11-17(2)24(18(3)12-16)25(26(27)31)29-9-7-28(8-10-29)14-20(30)23-15-33-22-13-19(32-4)5-6-21(22)34-23/h5-6,11-13,20,23,25,30H,7-10,14-15H2,1-4H3,(H2,27,31). The minimum Gasteiger partial charge on any atom is -0.497 e. The second kappa shape index (κ2) is 10.2. The van der Waals surface area contributed by atoms with Crippen LogP contribution in [0.5, 0.6) is 17.2 Å². The maximum absolute atomic E-state index is 12.5. The summed E-state index contributed by atoms with van der Waals surface area (Å²) in [5.74, 6) is 1.60. The van der Waals surface area contributed by atoms with Crippen molar-refractivity contribution >= 4 is 5.91 Å². The maximum atomic E-state index is 12.5. The molecule has 2 aromatic carbocycles. The number of hydrogen-bond acceptors (Lipinski definition) is 7. The smallest absolute Gasteiger partial charge is 0.239 e. The third-order valence-electron chi connectivity index (χ3n) is 6.76. The lowest BCUT2D eigenvalue weighted by Crippen LogP contribution is -2.54. The summed E-state index contributed by atoms with van der Waals surface area (Å²) < 4.78 is 17.0. The number of aryl methyl sites for hydroxylation is 3. The van der Waals surface area contributed by atoms with Crippen LogP contribution in [0.1, 0.15) is 28.3 Å². The topological polar surface area (TPSA) is 97.5 Å². The van der Waals surface area contributed by atoms with Crippen molar-refractivity contribution in [2.24, 2.45) is 5.73 Å². The first-order valence-electron chi connectivity index (χ1n) is 11.8. The lowest BCUT2D eigenvalue weighted by Gasteiger charge is -2.40. The molecule has 0 aliphatic carbocycles. The maximum Gasteiger partial charge on any atom is 0.239 e. The van der Waals surface area contributed by atoms with Gasteiger partial charge in [-0.3, -0.25) is 14.6 Å². The Balaban J connectivity index is 1.35. The second-order valence-electron chi connectivity index (χ2n) is 9.30. The van der Waals surface area contributed by atoms with Gasteiger partial charge < -0.3 is 25.1 Å². The van der Waals surface area contributed by atoms with Crippen molar-refractivity contribution in [2.75, 3.05) is 46.4 Å². The summed E-state index contributed by atoms with van der Waals surface area (Å²) in [5.41, 5.74) is 10.2. The molecular weight excluding hydrogens is 434 g/mol. The Morgan fingerprint density at radius 1 is 1.12 bits per heavy atom. The minimum absolute atomic E-state index is 0.275. The van der Waals surface area contributed by atoms with Crippen LogP contribution in [0.2, 0.25) is 0 Å². The molecule has 1 saturated heterocycles. The monoisotopic (exact) mass is 469 g/mol. The van der Waals surface area contributed by atoms with Crippen LogP contribution in [0, 0.1) is 20.8 Å². The molecule has 3 unspecified atom stereocenters. The zero-order valence-electron chi connectivity index (χ0n) is 20.4. The van der Waals surface area contributed by atoms with Crippen LogP contribution in [0.15, 0.2) is 30.3 Å². The fourth-order valence-electron chi connectivity index (χ4n) is 5.10. The lowest BCUT2D eigenvalue weighted by atomic mass is 9.92. The molecule has 0 bridgehead atoms. The van der Waals surface area contributed by atoms with Gasteiger partial charge in [-0.2, -0.15) is 0 Å². The Hall–Kier alpha value is -2.81. The molecule has 2 aromatic rings. The molecule has 8 heteroatoms. The summed E-state index contributed by atoms with van der Waals surface area (Å²) in [6.07, 6.45) is -1.15. The number of aliphatic hydroxyl groups excluding tert-OH is 1. The number of nitrogens with two attached hydrogens (primary N) is 1. The molecule has 1 amide bonds. The number of carbonyl (C=O) groups is 1. The highest BCUT2D eigenvalue weighted by atomic mass is 16.6. The highest BCUT2D eigenvalue weighted by molar-refractivity contribution is 5.82. The lowest BCUT2D eigenvalue weighted by molar-refractivity contribution is -0.124. The molecule has 8 nitrogen and oxygen atoms in total. The van der Waals surface area contributed by atoms with Crippen LogP contribution < -0.4 is 19.9 Å². The molecule has 3 N–H and O–H groups in total. The largest absolute Gasteiger partial charge is 0.497 e. The van der Waals surface area contributed by atoms with E-state index in [0.29, 0.717) is 36.9 Å². The van der Waals surface area contributed by atoms with Gasteiger partial charge in [0.1, 0.15) is 24.5 Å². The fraction of sp³-hybridized carbons (Fsp3) is 0.500. The fourth-order valence-corrected chi connectivity index (χ4v) is 5.10. The number of hydrogen-bond donors (Lipinski definition) is 2. The van der Waals surface area contributed by atoms with E-state index in [1.165, 1.54) is 5.56 Å². The van der Waals surface area contributed by atoms with Crippen LogP contribution in [0.3, 0.4) is 0 Å². The normalized spacial score (nSPS) is 20.6. The Bertz CT molecular complexity index is 1010. The van der Waals surface area contributed by atoms with Crippen LogP contribution in [-0.4, -0.2) is 79.5 Å². The van der Waals surface area contributed by atoms with Crippen molar-refractivity contribution < 1.29 is 24.1 Å². The predicted octanol–water partition coefficient (Wildman–Crippen LogP) is 1.97. The molecule has 2 heterocycles. The molecule has 34 heavy (non-hydrogen) atoms. The molecule has 0 radical (unpaired) electrons. The predicted molar refractivity (Wildman–Crippen MR) is 130 cm³/mol. The minimum atomic E-state index is -0.699. The molecule has 184 valence electrons. The van der Waals surface area contributed by atoms with E-state index in [2.05, 4.69) is 28.9 Å². The zero-order valence-corrected chi connectivity index (χ0v) is 20.4. The van der Waals surface area contributed by atoms with E-state index in [4.69, 9.17) is 19.9 Å². The summed E-state index contributed by atoms with van der Waals surface area (Å²) in [6.45, 7) is 9.72. The van der Waals surface area contributed by atoms with E-state index in [9.17, 15) is 9.90 Å². The number of carbonyl (C=O) groups excluding carboxylic acids is 1. The zero-order chi connectivity index (χ0) is 24.4. The van der Waals surface area contributed by atoms with Crippen LogP contribution in [-0.2, 0) is 4.79 Å². The molecule has 1 fully saturated rings. The third-order valence-corrected chi connectivity index (χ3v) is 6.76.